The molecule has 0 bridgehead atoms. The molecule has 0 spiro atoms. The molecular formula is C15H18N4OS. The summed E-state index contributed by atoms with van der Waals surface area (Å²) in [6, 6.07) is 3.99. The molecule has 0 aliphatic heterocycles. The minimum absolute atomic E-state index is 0.282. The quantitative estimate of drug-likeness (QED) is 0.707. The molecule has 5 nitrogen and oxygen atoms in total. The van der Waals surface area contributed by atoms with Crippen molar-refractivity contribution < 1.29 is 4.74 Å². The summed E-state index contributed by atoms with van der Waals surface area (Å²) in [6.45, 7) is 5.69. The summed E-state index contributed by atoms with van der Waals surface area (Å²) in [5.41, 5.74) is 0.971. The largest absolute Gasteiger partial charge is 0.379 e. The number of rotatable bonds is 6. The van der Waals surface area contributed by atoms with Crippen LogP contribution in [0.25, 0.3) is 20.4 Å². The minimum atomic E-state index is 0.282. The van der Waals surface area contributed by atoms with Gasteiger partial charge in [-0.2, -0.15) is 0 Å². The highest BCUT2D eigenvalue weighted by Crippen LogP contribution is 2.34. The fourth-order valence-corrected chi connectivity index (χ4v) is 3.20. The summed E-state index contributed by atoms with van der Waals surface area (Å²) < 4.78 is 6.60. The summed E-state index contributed by atoms with van der Waals surface area (Å²) in [7, 11) is 0. The summed E-state index contributed by atoms with van der Waals surface area (Å²) >= 11 is 1.63. The molecule has 110 valence electrons. The van der Waals surface area contributed by atoms with Crippen molar-refractivity contribution in [3.63, 3.8) is 0 Å². The zero-order valence-electron chi connectivity index (χ0n) is 12.2. The Morgan fingerprint density at radius 3 is 3.05 bits per heavy atom. The van der Waals surface area contributed by atoms with Gasteiger partial charge in [0.2, 0.25) is 0 Å². The number of pyridine rings is 1. The SMILES string of the molecule is CC(C)OCCCNc1ncnc2c1sc1ncccc12. The normalized spacial score (nSPS) is 11.6. The highest BCUT2D eigenvalue weighted by Gasteiger charge is 2.11. The summed E-state index contributed by atoms with van der Waals surface area (Å²) in [5.74, 6) is 0.882. The Labute approximate surface area is 127 Å². The average molecular weight is 302 g/mol. The molecule has 0 unspecified atom stereocenters. The van der Waals surface area contributed by atoms with Gasteiger partial charge in [0.25, 0.3) is 0 Å². The van der Waals surface area contributed by atoms with E-state index in [1.54, 1.807) is 17.7 Å². The van der Waals surface area contributed by atoms with Crippen LogP contribution in [0.15, 0.2) is 24.7 Å². The lowest BCUT2D eigenvalue weighted by Gasteiger charge is -2.08. The van der Waals surface area contributed by atoms with Crippen LogP contribution < -0.4 is 5.32 Å². The molecule has 21 heavy (non-hydrogen) atoms. The zero-order valence-corrected chi connectivity index (χ0v) is 13.0. The van der Waals surface area contributed by atoms with Gasteiger partial charge in [-0.25, -0.2) is 15.0 Å². The smallest absolute Gasteiger partial charge is 0.147 e. The summed E-state index contributed by atoms with van der Waals surface area (Å²) in [4.78, 5) is 14.1. The Morgan fingerprint density at radius 1 is 1.29 bits per heavy atom. The third-order valence-electron chi connectivity index (χ3n) is 3.09. The fraction of sp³-hybridized carbons (Fsp3) is 0.400. The van der Waals surface area contributed by atoms with E-state index in [-0.39, 0.29) is 6.10 Å². The Hall–Kier alpha value is -1.79. The maximum absolute atomic E-state index is 5.54. The van der Waals surface area contributed by atoms with Crippen LogP contribution in [0.4, 0.5) is 5.82 Å². The Balaban J connectivity index is 1.76. The van der Waals surface area contributed by atoms with Gasteiger partial charge in [0.1, 0.15) is 17.0 Å². The van der Waals surface area contributed by atoms with Crippen molar-refractivity contribution in [2.45, 2.75) is 26.4 Å². The number of nitrogens with zero attached hydrogens (tertiary/aromatic N) is 3. The number of anilines is 1. The molecule has 1 N–H and O–H groups in total. The second kappa shape index (κ2) is 6.32. The molecule has 3 aromatic heterocycles. The second-order valence-electron chi connectivity index (χ2n) is 5.06. The molecule has 3 rings (SSSR count). The van der Waals surface area contributed by atoms with Gasteiger partial charge in [-0.3, -0.25) is 0 Å². The molecule has 0 radical (unpaired) electrons. The molecule has 6 heteroatoms. The van der Waals surface area contributed by atoms with Crippen molar-refractivity contribution in [1.82, 2.24) is 15.0 Å². The van der Waals surface area contributed by atoms with E-state index in [0.717, 1.165) is 45.8 Å². The standard InChI is InChI=1S/C15H18N4OS/c1-10(2)20-8-4-7-16-14-13-12(18-9-19-14)11-5-3-6-17-15(11)21-13/h3,5-6,9-10H,4,7-8H2,1-2H3,(H,16,18,19). The van der Waals surface area contributed by atoms with Gasteiger partial charge in [-0.1, -0.05) is 0 Å². The first kappa shape index (κ1) is 14.2. The van der Waals surface area contributed by atoms with Crippen molar-refractivity contribution in [3.8, 4) is 0 Å². The monoisotopic (exact) mass is 302 g/mol. The highest BCUT2D eigenvalue weighted by atomic mass is 32.1. The number of nitrogens with one attached hydrogen (secondary N) is 1. The van der Waals surface area contributed by atoms with Crippen molar-refractivity contribution in [2.75, 3.05) is 18.5 Å². The predicted molar refractivity (Wildman–Crippen MR) is 86.9 cm³/mol. The molecule has 0 saturated carbocycles. The number of hydrogen-bond acceptors (Lipinski definition) is 6. The lowest BCUT2D eigenvalue weighted by atomic mass is 10.3. The van der Waals surface area contributed by atoms with Gasteiger partial charge in [-0.05, 0) is 32.4 Å². The lowest BCUT2D eigenvalue weighted by molar-refractivity contribution is 0.0787. The van der Waals surface area contributed by atoms with Crippen LogP contribution in [0.3, 0.4) is 0 Å². The van der Waals surface area contributed by atoms with Crippen molar-refractivity contribution in [3.05, 3.63) is 24.7 Å². The van der Waals surface area contributed by atoms with E-state index in [1.165, 1.54) is 0 Å². The number of fused-ring (bicyclic) bond motifs is 3. The highest BCUT2D eigenvalue weighted by molar-refractivity contribution is 7.25. The van der Waals surface area contributed by atoms with Gasteiger partial charge in [-0.15, -0.1) is 11.3 Å². The van der Waals surface area contributed by atoms with E-state index >= 15 is 0 Å². The first-order valence-electron chi connectivity index (χ1n) is 7.09. The van der Waals surface area contributed by atoms with E-state index in [9.17, 15) is 0 Å². The van der Waals surface area contributed by atoms with Crippen molar-refractivity contribution >= 4 is 37.6 Å². The van der Waals surface area contributed by atoms with E-state index < -0.39 is 0 Å². The Bertz CT molecular complexity index is 741. The van der Waals surface area contributed by atoms with E-state index in [4.69, 9.17) is 4.74 Å². The molecule has 0 atom stereocenters. The first-order chi connectivity index (χ1) is 10.3. The van der Waals surface area contributed by atoms with Crippen molar-refractivity contribution in [2.24, 2.45) is 0 Å². The van der Waals surface area contributed by atoms with Crippen LogP contribution in [0.1, 0.15) is 20.3 Å². The molecular weight excluding hydrogens is 284 g/mol. The molecule has 0 amide bonds. The van der Waals surface area contributed by atoms with Gasteiger partial charge >= 0.3 is 0 Å². The van der Waals surface area contributed by atoms with Crippen LogP contribution >= 0.6 is 11.3 Å². The number of ether oxygens (including phenoxy) is 1. The minimum Gasteiger partial charge on any atom is -0.379 e. The Morgan fingerprint density at radius 2 is 2.19 bits per heavy atom. The molecule has 0 fully saturated rings. The number of aromatic nitrogens is 3. The van der Waals surface area contributed by atoms with Gasteiger partial charge < -0.3 is 10.1 Å². The molecule has 3 aromatic rings. The zero-order chi connectivity index (χ0) is 14.7. The summed E-state index contributed by atoms with van der Waals surface area (Å²) in [6.07, 6.45) is 4.65. The molecule has 0 aromatic carbocycles. The van der Waals surface area contributed by atoms with Crippen LogP contribution in [0, 0.1) is 0 Å². The molecule has 0 aliphatic carbocycles. The van der Waals surface area contributed by atoms with Crippen LogP contribution in [-0.2, 0) is 4.74 Å². The third-order valence-corrected chi connectivity index (χ3v) is 4.20. The first-order valence-corrected chi connectivity index (χ1v) is 7.91. The van der Waals surface area contributed by atoms with Crippen LogP contribution in [0.5, 0.6) is 0 Å². The molecule has 3 heterocycles. The van der Waals surface area contributed by atoms with E-state index in [0.29, 0.717) is 0 Å². The van der Waals surface area contributed by atoms with Crippen LogP contribution in [0.2, 0.25) is 0 Å². The molecule has 0 aliphatic rings. The average Bonchev–Trinajstić information content (AvgIpc) is 2.86. The maximum Gasteiger partial charge on any atom is 0.147 e. The van der Waals surface area contributed by atoms with Crippen LogP contribution in [-0.4, -0.2) is 34.2 Å². The van der Waals surface area contributed by atoms with E-state index in [1.807, 2.05) is 26.1 Å². The Kier molecular flexibility index (Phi) is 4.26. The van der Waals surface area contributed by atoms with Gasteiger partial charge in [0.15, 0.2) is 0 Å². The predicted octanol–water partition coefficient (Wildman–Crippen LogP) is 3.47. The van der Waals surface area contributed by atoms with Gasteiger partial charge in [0, 0.05) is 24.7 Å². The maximum atomic E-state index is 5.54. The van der Waals surface area contributed by atoms with E-state index in [2.05, 4.69) is 26.3 Å². The topological polar surface area (TPSA) is 59.9 Å². The second-order valence-corrected chi connectivity index (χ2v) is 6.06. The third kappa shape index (κ3) is 3.11. The van der Waals surface area contributed by atoms with Crippen molar-refractivity contribution in [1.29, 1.82) is 0 Å². The summed E-state index contributed by atoms with van der Waals surface area (Å²) in [5, 5.41) is 4.46. The fourth-order valence-electron chi connectivity index (χ4n) is 2.14. The van der Waals surface area contributed by atoms with Gasteiger partial charge in [0.05, 0.1) is 16.3 Å². The number of hydrogen-bond donors (Lipinski definition) is 1. The number of thiophene rings is 1. The molecule has 0 saturated heterocycles. The lowest BCUT2D eigenvalue weighted by Crippen LogP contribution is -2.10.